The molecule has 3 heteroatoms. The van der Waals surface area contributed by atoms with Crippen molar-refractivity contribution in [2.45, 2.75) is 142 Å². The summed E-state index contributed by atoms with van der Waals surface area (Å²) in [4.78, 5) is 5.46. The van der Waals surface area contributed by atoms with Crippen molar-refractivity contribution >= 4 is 22.3 Å². The maximum absolute atomic E-state index is 5.46. The van der Waals surface area contributed by atoms with Crippen molar-refractivity contribution in [3.05, 3.63) is 89.0 Å². The summed E-state index contributed by atoms with van der Waals surface area (Å²) in [7, 11) is 0. The minimum atomic E-state index is 0.398. The van der Waals surface area contributed by atoms with Gasteiger partial charge in [-0.25, -0.2) is 4.98 Å². The van der Waals surface area contributed by atoms with Gasteiger partial charge in [0.1, 0.15) is 0 Å². The lowest BCUT2D eigenvalue weighted by Crippen LogP contribution is -2.35. The van der Waals surface area contributed by atoms with E-state index in [1.54, 1.807) is 0 Å². The molecule has 3 aromatic carbocycles. The quantitative estimate of drug-likeness (QED) is 0.217. The van der Waals surface area contributed by atoms with Gasteiger partial charge in [-0.15, -0.1) is 0 Å². The normalized spacial score (nSPS) is 18.7. The Morgan fingerprint density at radius 3 is 1.93 bits per heavy atom. The molecular weight excluding hydrogens is 558 g/mol. The Hall–Kier alpha value is -3.17. The fourth-order valence-electron chi connectivity index (χ4n) is 8.12. The summed E-state index contributed by atoms with van der Waals surface area (Å²) < 4.78 is 0. The molecule has 6 rings (SSSR count). The summed E-state index contributed by atoms with van der Waals surface area (Å²) >= 11 is 0. The number of aromatic nitrogens is 1. The molecule has 0 saturated heterocycles. The topological polar surface area (TPSA) is 37.0 Å². The van der Waals surface area contributed by atoms with E-state index in [-0.39, 0.29) is 0 Å². The second-order valence-corrected chi connectivity index (χ2v) is 14.8. The van der Waals surface area contributed by atoms with E-state index >= 15 is 0 Å². The standard InChI is InChI=1S/C43H57N3/c1-30(2)35-23-17-24-36(31(3)4)43(35)46-40-27-16-20-33-28-29-38(45-42(33)40)37-25-14-18-32-19-15-26-39(41(32)37)44-34-21-12-10-8-6-5-7-9-11-13-22-34/h14,16-18,20,23-25,27-31,34,39,44,46H,5-13,15,19,21-22,26H2,1-4H3. The molecule has 1 saturated carbocycles. The van der Waals surface area contributed by atoms with Gasteiger partial charge in [0.25, 0.3) is 0 Å². The number of pyridine rings is 1. The third-order valence-electron chi connectivity index (χ3n) is 10.7. The molecule has 244 valence electrons. The molecule has 0 bridgehead atoms. The lowest BCUT2D eigenvalue weighted by atomic mass is 9.82. The average Bonchev–Trinajstić information content (AvgIpc) is 3.05. The highest BCUT2D eigenvalue weighted by Crippen LogP contribution is 2.40. The van der Waals surface area contributed by atoms with Crippen LogP contribution in [0.4, 0.5) is 11.4 Å². The fourth-order valence-corrected chi connectivity index (χ4v) is 8.12. The first-order chi connectivity index (χ1) is 22.5. The summed E-state index contributed by atoms with van der Waals surface area (Å²) in [6.45, 7) is 9.15. The highest BCUT2D eigenvalue weighted by atomic mass is 15.0. The zero-order valence-electron chi connectivity index (χ0n) is 29.0. The van der Waals surface area contributed by atoms with Gasteiger partial charge >= 0.3 is 0 Å². The molecule has 0 radical (unpaired) electrons. The lowest BCUT2D eigenvalue weighted by molar-refractivity contribution is 0.344. The van der Waals surface area contributed by atoms with Crippen molar-refractivity contribution in [2.75, 3.05) is 5.32 Å². The minimum absolute atomic E-state index is 0.398. The predicted molar refractivity (Wildman–Crippen MR) is 198 cm³/mol. The number of benzene rings is 3. The van der Waals surface area contributed by atoms with Gasteiger partial charge < -0.3 is 10.6 Å². The van der Waals surface area contributed by atoms with Crippen LogP contribution in [0.3, 0.4) is 0 Å². The summed E-state index contributed by atoms with van der Waals surface area (Å²) in [5.41, 5.74) is 11.5. The minimum Gasteiger partial charge on any atom is -0.353 e. The van der Waals surface area contributed by atoms with Gasteiger partial charge in [0, 0.05) is 28.7 Å². The molecular formula is C43H57N3. The second kappa shape index (κ2) is 15.6. The Labute approximate surface area is 279 Å². The molecule has 2 N–H and O–H groups in total. The van der Waals surface area contributed by atoms with Gasteiger partial charge in [0.2, 0.25) is 0 Å². The van der Waals surface area contributed by atoms with Crippen LogP contribution in [-0.4, -0.2) is 11.0 Å². The van der Waals surface area contributed by atoms with Crippen LogP contribution in [0.15, 0.2) is 66.7 Å². The van der Waals surface area contributed by atoms with Gasteiger partial charge in [-0.2, -0.15) is 0 Å². The number of hydrogen-bond donors (Lipinski definition) is 2. The summed E-state index contributed by atoms with van der Waals surface area (Å²) in [5.74, 6) is 0.862. The molecule has 0 spiro atoms. The van der Waals surface area contributed by atoms with Crippen molar-refractivity contribution < 1.29 is 0 Å². The number of fused-ring (bicyclic) bond motifs is 2. The second-order valence-electron chi connectivity index (χ2n) is 14.8. The van der Waals surface area contributed by atoms with Crippen LogP contribution < -0.4 is 10.6 Å². The van der Waals surface area contributed by atoms with Gasteiger partial charge in [0.05, 0.1) is 16.9 Å². The molecule has 1 aromatic heterocycles. The number of aryl methyl sites for hydroxylation is 1. The Morgan fingerprint density at radius 1 is 0.630 bits per heavy atom. The Kier molecular flexibility index (Phi) is 11.1. The van der Waals surface area contributed by atoms with Crippen molar-refractivity contribution in [3.8, 4) is 11.3 Å². The smallest absolute Gasteiger partial charge is 0.0944 e. The molecule has 0 amide bonds. The maximum atomic E-state index is 5.46. The van der Waals surface area contributed by atoms with E-state index in [1.807, 2.05) is 0 Å². The zero-order chi connectivity index (χ0) is 31.9. The summed E-state index contributed by atoms with van der Waals surface area (Å²) in [6, 6.07) is 25.8. The van der Waals surface area contributed by atoms with Gasteiger partial charge in [0.15, 0.2) is 0 Å². The Morgan fingerprint density at radius 2 is 1.26 bits per heavy atom. The number of nitrogens with zero attached hydrogens (tertiary/aromatic N) is 1. The molecule has 2 aliphatic carbocycles. The number of rotatable bonds is 7. The highest BCUT2D eigenvalue weighted by molar-refractivity contribution is 5.94. The molecule has 1 unspecified atom stereocenters. The molecule has 1 atom stereocenters. The van der Waals surface area contributed by atoms with E-state index in [2.05, 4.69) is 105 Å². The maximum Gasteiger partial charge on any atom is 0.0944 e. The Bertz CT molecular complexity index is 1550. The van der Waals surface area contributed by atoms with Crippen LogP contribution in [0.5, 0.6) is 0 Å². The number of anilines is 2. The zero-order valence-corrected chi connectivity index (χ0v) is 29.0. The van der Waals surface area contributed by atoms with Crippen LogP contribution in [0.2, 0.25) is 0 Å². The van der Waals surface area contributed by atoms with E-state index < -0.39 is 0 Å². The molecule has 46 heavy (non-hydrogen) atoms. The van der Waals surface area contributed by atoms with Crippen LogP contribution in [-0.2, 0) is 6.42 Å². The molecule has 1 heterocycles. The fraction of sp³-hybridized carbons (Fsp3) is 0.512. The van der Waals surface area contributed by atoms with Crippen molar-refractivity contribution in [1.29, 1.82) is 0 Å². The first-order valence-electron chi connectivity index (χ1n) is 18.7. The third-order valence-corrected chi connectivity index (χ3v) is 10.7. The number of para-hydroxylation sites is 2. The van der Waals surface area contributed by atoms with Crippen LogP contribution in [0, 0.1) is 0 Å². The SMILES string of the molecule is CC(C)c1cccc(C(C)C)c1Nc1cccc2ccc(-c3cccc4c3C(NC3CCCCCCCCCCC3)CCC4)nc12. The van der Waals surface area contributed by atoms with E-state index in [0.717, 1.165) is 23.3 Å². The van der Waals surface area contributed by atoms with E-state index in [4.69, 9.17) is 4.98 Å². The first-order valence-corrected chi connectivity index (χ1v) is 18.7. The van der Waals surface area contributed by atoms with Crippen molar-refractivity contribution in [1.82, 2.24) is 10.3 Å². The summed E-state index contributed by atoms with van der Waals surface area (Å²) in [5, 5.41) is 9.33. The van der Waals surface area contributed by atoms with E-state index in [9.17, 15) is 0 Å². The Balaban J connectivity index is 1.34. The average molecular weight is 616 g/mol. The highest BCUT2D eigenvalue weighted by Gasteiger charge is 2.26. The van der Waals surface area contributed by atoms with Crippen molar-refractivity contribution in [3.63, 3.8) is 0 Å². The summed E-state index contributed by atoms with van der Waals surface area (Å²) in [6.07, 6.45) is 18.9. The van der Waals surface area contributed by atoms with E-state index in [1.165, 1.54) is 122 Å². The molecule has 4 aromatic rings. The monoisotopic (exact) mass is 615 g/mol. The van der Waals surface area contributed by atoms with Crippen molar-refractivity contribution in [2.24, 2.45) is 0 Å². The first kappa shape index (κ1) is 32.8. The third kappa shape index (κ3) is 7.68. The van der Waals surface area contributed by atoms with Gasteiger partial charge in [-0.3, -0.25) is 0 Å². The van der Waals surface area contributed by atoms with Crippen LogP contribution in [0.1, 0.15) is 151 Å². The van der Waals surface area contributed by atoms with Gasteiger partial charge in [-0.1, -0.05) is 140 Å². The van der Waals surface area contributed by atoms with Crippen LogP contribution >= 0.6 is 0 Å². The molecule has 2 aliphatic rings. The molecule has 1 fully saturated rings. The van der Waals surface area contributed by atoms with Crippen LogP contribution in [0.25, 0.3) is 22.2 Å². The predicted octanol–water partition coefficient (Wildman–Crippen LogP) is 12.5. The number of hydrogen-bond acceptors (Lipinski definition) is 3. The molecule has 3 nitrogen and oxygen atoms in total. The lowest BCUT2D eigenvalue weighted by Gasteiger charge is -2.33. The van der Waals surface area contributed by atoms with Gasteiger partial charge in [-0.05, 0) is 78.3 Å². The number of nitrogens with one attached hydrogen (secondary N) is 2. The largest absolute Gasteiger partial charge is 0.353 e. The van der Waals surface area contributed by atoms with E-state index in [0.29, 0.717) is 23.9 Å². The molecule has 0 aliphatic heterocycles.